The second kappa shape index (κ2) is 5.90. The zero-order valence-corrected chi connectivity index (χ0v) is 13.2. The van der Waals surface area contributed by atoms with Crippen molar-refractivity contribution in [3.05, 3.63) is 52.8 Å². The van der Waals surface area contributed by atoms with Gasteiger partial charge in [-0.25, -0.2) is 8.42 Å². The van der Waals surface area contributed by atoms with E-state index in [4.69, 9.17) is 5.73 Å². The van der Waals surface area contributed by atoms with Crippen LogP contribution in [0, 0.1) is 0 Å². The predicted molar refractivity (Wildman–Crippen MR) is 81.4 cm³/mol. The fraction of sp³-hybridized carbons (Fsp3) is 0.154. The van der Waals surface area contributed by atoms with E-state index in [1.165, 1.54) is 23.5 Å². The molecule has 0 bridgehead atoms. The van der Waals surface area contributed by atoms with Crippen LogP contribution < -0.4 is 5.73 Å². The van der Waals surface area contributed by atoms with E-state index < -0.39 is 10.0 Å². The molecule has 7 heteroatoms. The van der Waals surface area contributed by atoms with Crippen LogP contribution in [-0.4, -0.2) is 24.8 Å². The molecule has 0 atom stereocenters. The highest BCUT2D eigenvalue weighted by Gasteiger charge is 2.21. The Kier molecular flexibility index (Phi) is 4.42. The first-order chi connectivity index (χ1) is 9.41. The Hall–Kier alpha value is -1.44. The van der Waals surface area contributed by atoms with Gasteiger partial charge in [-0.2, -0.15) is 4.31 Å². The number of rotatable bonds is 4. The van der Waals surface area contributed by atoms with E-state index in [0.717, 1.165) is 0 Å². The molecule has 106 valence electrons. The van der Waals surface area contributed by atoms with Gasteiger partial charge in [-0.1, -0.05) is 6.07 Å². The van der Waals surface area contributed by atoms with Crippen molar-refractivity contribution in [1.29, 1.82) is 0 Å². The van der Waals surface area contributed by atoms with Gasteiger partial charge in [-0.05, 0) is 46.3 Å². The molecular weight excluding hydrogens is 342 g/mol. The largest absolute Gasteiger partial charge is 0.398 e. The first-order valence-electron chi connectivity index (χ1n) is 5.82. The molecule has 0 aliphatic heterocycles. The second-order valence-corrected chi connectivity index (χ2v) is 7.16. The second-order valence-electron chi connectivity index (χ2n) is 4.27. The van der Waals surface area contributed by atoms with Crippen LogP contribution in [0.5, 0.6) is 0 Å². The lowest BCUT2D eigenvalue weighted by atomic mass is 10.3. The van der Waals surface area contributed by atoms with Crippen molar-refractivity contribution in [2.24, 2.45) is 0 Å². The van der Waals surface area contributed by atoms with Crippen molar-refractivity contribution in [2.45, 2.75) is 11.4 Å². The minimum Gasteiger partial charge on any atom is -0.398 e. The van der Waals surface area contributed by atoms with Gasteiger partial charge in [0, 0.05) is 23.4 Å². The zero-order chi connectivity index (χ0) is 14.8. The summed E-state index contributed by atoms with van der Waals surface area (Å²) in [6, 6.07) is 9.96. The van der Waals surface area contributed by atoms with E-state index in [-0.39, 0.29) is 11.4 Å². The third-order valence-corrected chi connectivity index (χ3v) is 5.31. The molecule has 0 radical (unpaired) electrons. The van der Waals surface area contributed by atoms with Crippen LogP contribution in [0.1, 0.15) is 5.69 Å². The first-order valence-corrected chi connectivity index (χ1v) is 8.06. The molecule has 1 heterocycles. The number of benzene rings is 1. The summed E-state index contributed by atoms with van der Waals surface area (Å²) in [4.78, 5) is 4.28. The van der Waals surface area contributed by atoms with Crippen molar-refractivity contribution in [3.8, 4) is 0 Å². The molecular formula is C13H14BrN3O2S. The molecule has 0 amide bonds. The average Bonchev–Trinajstić information content (AvgIpc) is 2.42. The number of nitrogen functional groups attached to an aromatic ring is 1. The van der Waals surface area contributed by atoms with Crippen LogP contribution in [0.25, 0.3) is 0 Å². The molecule has 2 rings (SSSR count). The number of nitrogens with zero attached hydrogens (tertiary/aromatic N) is 2. The van der Waals surface area contributed by atoms with E-state index in [1.54, 1.807) is 24.4 Å². The SMILES string of the molecule is CN(Cc1ccccn1)S(=O)(=O)c1ccc(Br)c(N)c1. The highest BCUT2D eigenvalue weighted by atomic mass is 79.9. The van der Waals surface area contributed by atoms with Crippen LogP contribution in [0.4, 0.5) is 5.69 Å². The van der Waals surface area contributed by atoms with Gasteiger partial charge in [0.05, 0.1) is 17.1 Å². The van der Waals surface area contributed by atoms with E-state index in [0.29, 0.717) is 15.9 Å². The van der Waals surface area contributed by atoms with Crippen LogP contribution in [0.15, 0.2) is 52.0 Å². The Bertz CT molecular complexity index is 705. The average molecular weight is 356 g/mol. The monoisotopic (exact) mass is 355 g/mol. The topological polar surface area (TPSA) is 76.3 Å². The Morgan fingerprint density at radius 2 is 2.05 bits per heavy atom. The number of halogens is 1. The summed E-state index contributed by atoms with van der Waals surface area (Å²) >= 11 is 3.24. The maximum Gasteiger partial charge on any atom is 0.243 e. The summed E-state index contributed by atoms with van der Waals surface area (Å²) in [6.07, 6.45) is 1.63. The lowest BCUT2D eigenvalue weighted by Gasteiger charge is -2.17. The molecule has 0 aliphatic rings. The molecule has 2 aromatic rings. The molecule has 20 heavy (non-hydrogen) atoms. The zero-order valence-electron chi connectivity index (χ0n) is 10.8. The first kappa shape index (κ1) is 15.0. The molecule has 5 nitrogen and oxygen atoms in total. The number of hydrogen-bond acceptors (Lipinski definition) is 4. The van der Waals surface area contributed by atoms with Gasteiger partial charge in [0.25, 0.3) is 0 Å². The van der Waals surface area contributed by atoms with Crippen LogP contribution >= 0.6 is 15.9 Å². The molecule has 0 fully saturated rings. The van der Waals surface area contributed by atoms with Gasteiger partial charge in [0.2, 0.25) is 10.0 Å². The third kappa shape index (κ3) is 3.17. The van der Waals surface area contributed by atoms with E-state index in [9.17, 15) is 8.42 Å². The summed E-state index contributed by atoms with van der Waals surface area (Å²) in [6.45, 7) is 0.207. The maximum atomic E-state index is 12.4. The minimum atomic E-state index is -3.58. The summed E-state index contributed by atoms with van der Waals surface area (Å²) < 4.78 is 26.8. The number of nitrogens with two attached hydrogens (primary N) is 1. The number of sulfonamides is 1. The maximum absolute atomic E-state index is 12.4. The summed E-state index contributed by atoms with van der Waals surface area (Å²) in [7, 11) is -2.07. The van der Waals surface area contributed by atoms with Gasteiger partial charge in [-0.3, -0.25) is 4.98 Å². The van der Waals surface area contributed by atoms with Crippen molar-refractivity contribution >= 4 is 31.6 Å². The highest BCUT2D eigenvalue weighted by molar-refractivity contribution is 9.10. The Morgan fingerprint density at radius 3 is 2.65 bits per heavy atom. The fourth-order valence-electron chi connectivity index (χ4n) is 1.67. The van der Waals surface area contributed by atoms with E-state index in [1.807, 2.05) is 6.07 Å². The Morgan fingerprint density at radius 1 is 1.30 bits per heavy atom. The highest BCUT2D eigenvalue weighted by Crippen LogP contribution is 2.24. The standard InChI is InChI=1S/C13H14BrN3O2S/c1-17(9-10-4-2-3-7-16-10)20(18,19)11-5-6-12(14)13(15)8-11/h2-8H,9,15H2,1H3. The molecule has 0 aliphatic carbocycles. The van der Waals surface area contributed by atoms with Gasteiger partial charge >= 0.3 is 0 Å². The molecule has 1 aromatic heterocycles. The van der Waals surface area contributed by atoms with Gasteiger partial charge in [0.15, 0.2) is 0 Å². The Balaban J connectivity index is 2.27. The van der Waals surface area contributed by atoms with Gasteiger partial charge < -0.3 is 5.73 Å². The van der Waals surface area contributed by atoms with E-state index >= 15 is 0 Å². The molecule has 1 aromatic carbocycles. The molecule has 2 N–H and O–H groups in total. The lowest BCUT2D eigenvalue weighted by molar-refractivity contribution is 0.462. The van der Waals surface area contributed by atoms with Crippen LogP contribution in [0.3, 0.4) is 0 Å². The van der Waals surface area contributed by atoms with Crippen molar-refractivity contribution < 1.29 is 8.42 Å². The predicted octanol–water partition coefficient (Wildman–Crippen LogP) is 2.25. The summed E-state index contributed by atoms with van der Waals surface area (Å²) in [5.74, 6) is 0. The molecule has 0 unspecified atom stereocenters. The van der Waals surface area contributed by atoms with Gasteiger partial charge in [0.1, 0.15) is 0 Å². The normalized spacial score (nSPS) is 11.8. The Labute approximate surface area is 126 Å². The smallest absolute Gasteiger partial charge is 0.243 e. The van der Waals surface area contributed by atoms with Crippen molar-refractivity contribution in [3.63, 3.8) is 0 Å². The lowest BCUT2D eigenvalue weighted by Crippen LogP contribution is -2.27. The van der Waals surface area contributed by atoms with Crippen LogP contribution in [-0.2, 0) is 16.6 Å². The third-order valence-electron chi connectivity index (χ3n) is 2.79. The minimum absolute atomic E-state index is 0.164. The summed E-state index contributed by atoms with van der Waals surface area (Å²) in [5, 5.41) is 0. The number of aromatic nitrogens is 1. The fourth-order valence-corrected chi connectivity index (χ4v) is 3.09. The number of anilines is 1. The van der Waals surface area contributed by atoms with E-state index in [2.05, 4.69) is 20.9 Å². The van der Waals surface area contributed by atoms with Crippen molar-refractivity contribution in [1.82, 2.24) is 9.29 Å². The number of pyridine rings is 1. The quantitative estimate of drug-likeness (QED) is 0.853. The van der Waals surface area contributed by atoms with Crippen molar-refractivity contribution in [2.75, 3.05) is 12.8 Å². The van der Waals surface area contributed by atoms with Gasteiger partial charge in [-0.15, -0.1) is 0 Å². The number of hydrogen-bond donors (Lipinski definition) is 1. The molecule has 0 saturated heterocycles. The molecule has 0 spiro atoms. The molecule has 0 saturated carbocycles. The van der Waals surface area contributed by atoms with Crippen LogP contribution in [0.2, 0.25) is 0 Å². The summed E-state index contributed by atoms with van der Waals surface area (Å²) in [5.41, 5.74) is 6.80.